The molecule has 6 nitrogen and oxygen atoms in total. The van der Waals surface area contributed by atoms with E-state index in [1.54, 1.807) is 0 Å². The van der Waals surface area contributed by atoms with Crippen molar-refractivity contribution < 1.29 is 4.79 Å². The molecule has 3 aromatic carbocycles. The van der Waals surface area contributed by atoms with Crippen molar-refractivity contribution in [3.8, 4) is 17.5 Å². The Hall–Kier alpha value is -4.24. The molecule has 1 amide bonds. The lowest BCUT2D eigenvalue weighted by atomic mass is 9.47. The molecule has 33 heavy (non-hydrogen) atoms. The van der Waals surface area contributed by atoms with E-state index in [4.69, 9.17) is 0 Å². The Morgan fingerprint density at radius 3 is 2.24 bits per heavy atom. The largest absolute Gasteiger partial charge is 0.293 e. The summed E-state index contributed by atoms with van der Waals surface area (Å²) in [4.78, 5) is 18.3. The third-order valence-corrected chi connectivity index (χ3v) is 7.20. The topological polar surface area (TPSA) is 94.5 Å². The van der Waals surface area contributed by atoms with E-state index in [0.717, 1.165) is 27.8 Å². The summed E-state index contributed by atoms with van der Waals surface area (Å²) in [5, 5.41) is 20.5. The molecule has 1 atom stereocenters. The van der Waals surface area contributed by atoms with Gasteiger partial charge in [-0.3, -0.25) is 15.2 Å². The number of carbonyl (C=O) groups is 1. The number of nitrogens with zero attached hydrogens (tertiary/aromatic N) is 3. The van der Waals surface area contributed by atoms with Gasteiger partial charge in [-0.25, -0.2) is 0 Å². The maximum absolute atomic E-state index is 13.8. The highest BCUT2D eigenvalue weighted by Gasteiger charge is 2.61. The van der Waals surface area contributed by atoms with Gasteiger partial charge in [0.25, 0.3) is 0 Å². The number of nitriles is 1. The smallest absolute Gasteiger partial charge is 0.249 e. The Balaban J connectivity index is 1.42. The Kier molecular flexibility index (Phi) is 4.05. The number of nitrogens with one attached hydrogen (secondary N) is 2. The Labute approximate surface area is 191 Å². The summed E-state index contributed by atoms with van der Waals surface area (Å²) in [5.41, 5.74) is 3.27. The average Bonchev–Trinajstić information content (AvgIpc) is 3.33. The molecule has 0 spiro atoms. The van der Waals surface area contributed by atoms with E-state index in [1.165, 1.54) is 0 Å². The van der Waals surface area contributed by atoms with Crippen LogP contribution < -0.4 is 5.32 Å². The minimum atomic E-state index is -0.873. The third kappa shape index (κ3) is 2.63. The molecule has 3 aliphatic rings. The summed E-state index contributed by atoms with van der Waals surface area (Å²) >= 11 is 0. The van der Waals surface area contributed by atoms with Gasteiger partial charge in [-0.1, -0.05) is 78.9 Å². The minimum absolute atomic E-state index is 0.160. The van der Waals surface area contributed by atoms with Gasteiger partial charge in [0, 0.05) is 11.5 Å². The van der Waals surface area contributed by atoms with E-state index >= 15 is 0 Å². The predicted molar refractivity (Wildman–Crippen MR) is 124 cm³/mol. The number of carbonyl (C=O) groups excluding carboxylic acids is 1. The van der Waals surface area contributed by atoms with Crippen molar-refractivity contribution in [1.82, 2.24) is 15.2 Å². The summed E-state index contributed by atoms with van der Waals surface area (Å²) in [7, 11) is 0. The van der Waals surface area contributed by atoms with E-state index in [-0.39, 0.29) is 17.8 Å². The number of hydrogen-bond donors (Lipinski definition) is 2. The van der Waals surface area contributed by atoms with Gasteiger partial charge < -0.3 is 0 Å². The van der Waals surface area contributed by atoms with Gasteiger partial charge in [0.05, 0.1) is 11.5 Å². The van der Waals surface area contributed by atoms with Crippen LogP contribution in [0.4, 0.5) is 5.95 Å². The molecule has 3 aliphatic carbocycles. The van der Waals surface area contributed by atoms with Gasteiger partial charge in [0.15, 0.2) is 5.82 Å². The third-order valence-electron chi connectivity index (χ3n) is 7.20. The second kappa shape index (κ2) is 6.88. The van der Waals surface area contributed by atoms with Crippen LogP contribution in [-0.4, -0.2) is 21.1 Å². The fourth-order valence-electron chi connectivity index (χ4n) is 5.78. The number of aromatic amines is 1. The molecule has 1 heterocycles. The maximum Gasteiger partial charge on any atom is 0.249 e. The van der Waals surface area contributed by atoms with E-state index in [0.29, 0.717) is 12.2 Å². The molecule has 0 radical (unpaired) electrons. The van der Waals surface area contributed by atoms with Gasteiger partial charge in [-0.2, -0.15) is 10.2 Å². The monoisotopic (exact) mass is 431 g/mol. The molecule has 2 N–H and O–H groups in total. The number of amides is 1. The summed E-state index contributed by atoms with van der Waals surface area (Å²) in [5.74, 6) is 0.474. The summed E-state index contributed by atoms with van der Waals surface area (Å²) in [6.07, 6.45) is 0.400. The summed E-state index contributed by atoms with van der Waals surface area (Å²) in [6.45, 7) is 1.95. The fraction of sp³-hybridized carbons (Fsp3) is 0.185. The molecule has 0 fully saturated rings. The Bertz CT molecular complexity index is 1390. The van der Waals surface area contributed by atoms with Crippen molar-refractivity contribution in [3.05, 3.63) is 101 Å². The molecule has 7 rings (SSSR count). The zero-order chi connectivity index (χ0) is 22.6. The van der Waals surface area contributed by atoms with E-state index in [9.17, 15) is 10.1 Å². The lowest BCUT2D eigenvalue weighted by Gasteiger charge is -2.54. The number of anilines is 1. The second-order valence-electron chi connectivity index (χ2n) is 9.05. The van der Waals surface area contributed by atoms with Crippen LogP contribution in [0.5, 0.6) is 0 Å². The highest BCUT2D eigenvalue weighted by Crippen LogP contribution is 2.63. The van der Waals surface area contributed by atoms with Crippen molar-refractivity contribution in [2.75, 3.05) is 5.32 Å². The van der Waals surface area contributed by atoms with Gasteiger partial charge in [0.1, 0.15) is 5.41 Å². The van der Waals surface area contributed by atoms with Crippen LogP contribution in [0.15, 0.2) is 78.9 Å². The van der Waals surface area contributed by atoms with Gasteiger partial charge >= 0.3 is 0 Å². The molecule has 0 unspecified atom stereocenters. The molecule has 160 valence electrons. The van der Waals surface area contributed by atoms with Gasteiger partial charge in [-0.15, -0.1) is 5.10 Å². The first-order valence-electron chi connectivity index (χ1n) is 11.0. The molecule has 0 aliphatic heterocycles. The zero-order valence-electron chi connectivity index (χ0n) is 18.0. The van der Waals surface area contributed by atoms with Crippen molar-refractivity contribution in [2.24, 2.45) is 5.41 Å². The fourth-order valence-corrected chi connectivity index (χ4v) is 5.78. The summed E-state index contributed by atoms with van der Waals surface area (Å²) < 4.78 is 0. The quantitative estimate of drug-likeness (QED) is 0.488. The van der Waals surface area contributed by atoms with Gasteiger partial charge in [0.2, 0.25) is 11.9 Å². The predicted octanol–water partition coefficient (Wildman–Crippen LogP) is 4.78. The van der Waals surface area contributed by atoms with Crippen molar-refractivity contribution in [2.45, 2.75) is 24.7 Å². The lowest BCUT2D eigenvalue weighted by molar-refractivity contribution is -0.127. The van der Waals surface area contributed by atoms with Crippen LogP contribution >= 0.6 is 0 Å². The lowest BCUT2D eigenvalue weighted by Crippen LogP contribution is -2.53. The van der Waals surface area contributed by atoms with E-state index in [1.807, 2.05) is 85.8 Å². The standard InChI is InChI=1S/C27H21N5O/c1-26(24(33)30-25-29-23(31-32-25)17-9-3-2-4-10-17)15-27(16-28)20-13-7-5-11-18(20)22(26)19-12-6-8-14-21(19)27/h2-14,22H,15H2,1H3,(H2,29,30,31,32,33)/t22?,26-,27?/m0/s1. The molecular weight excluding hydrogens is 410 g/mol. The summed E-state index contributed by atoms with van der Waals surface area (Å²) in [6, 6.07) is 28.3. The van der Waals surface area contributed by atoms with Crippen LogP contribution in [0, 0.1) is 16.7 Å². The van der Waals surface area contributed by atoms with Crippen LogP contribution in [0.1, 0.15) is 41.5 Å². The Morgan fingerprint density at radius 2 is 1.61 bits per heavy atom. The molecule has 1 aromatic heterocycles. The Morgan fingerprint density at radius 1 is 1.00 bits per heavy atom. The molecule has 4 aromatic rings. The van der Waals surface area contributed by atoms with Crippen LogP contribution in [0.3, 0.4) is 0 Å². The average molecular weight is 431 g/mol. The van der Waals surface area contributed by atoms with Crippen molar-refractivity contribution in [3.63, 3.8) is 0 Å². The van der Waals surface area contributed by atoms with Gasteiger partial charge in [-0.05, 0) is 35.6 Å². The van der Waals surface area contributed by atoms with E-state index < -0.39 is 10.8 Å². The minimum Gasteiger partial charge on any atom is -0.293 e. The molecular formula is C27H21N5O. The van der Waals surface area contributed by atoms with Crippen LogP contribution in [-0.2, 0) is 10.2 Å². The molecule has 0 saturated carbocycles. The molecule has 2 bridgehead atoms. The zero-order valence-corrected chi connectivity index (χ0v) is 18.0. The van der Waals surface area contributed by atoms with Crippen molar-refractivity contribution in [1.29, 1.82) is 5.26 Å². The normalized spacial score (nSPS) is 24.4. The molecule has 6 heteroatoms. The van der Waals surface area contributed by atoms with Crippen LogP contribution in [0.25, 0.3) is 11.4 Å². The number of H-pyrrole nitrogens is 1. The number of rotatable bonds is 3. The van der Waals surface area contributed by atoms with E-state index in [2.05, 4.69) is 26.6 Å². The number of hydrogen-bond acceptors (Lipinski definition) is 4. The first-order valence-corrected chi connectivity index (χ1v) is 11.0. The number of aromatic nitrogens is 3. The second-order valence-corrected chi connectivity index (χ2v) is 9.05. The number of fused-ring (bicyclic) bond motifs is 1. The first-order chi connectivity index (χ1) is 16.1. The van der Waals surface area contributed by atoms with Crippen LogP contribution in [0.2, 0.25) is 0 Å². The highest BCUT2D eigenvalue weighted by atomic mass is 16.2. The first kappa shape index (κ1) is 19.4. The SMILES string of the molecule is C[C@]1(C(=O)Nc2n[nH]c(-c3ccccc3)n2)CC2(C#N)c3ccccc3C1c1ccccc12. The maximum atomic E-state index is 13.8. The number of benzene rings is 3. The van der Waals surface area contributed by atoms with Crippen molar-refractivity contribution >= 4 is 11.9 Å². The molecule has 0 saturated heterocycles. The highest BCUT2D eigenvalue weighted by molar-refractivity contribution is 5.96.